The fourth-order valence-corrected chi connectivity index (χ4v) is 3.28. The van der Waals surface area contributed by atoms with Gasteiger partial charge in [-0.1, -0.05) is 41.9 Å². The summed E-state index contributed by atoms with van der Waals surface area (Å²) in [5.74, 6) is 0.571. The average molecular weight is 402 g/mol. The lowest BCUT2D eigenvalue weighted by molar-refractivity contribution is 0.943. The fraction of sp³-hybridized carbons (Fsp3) is 0.0833. The summed E-state index contributed by atoms with van der Waals surface area (Å²) in [6.07, 6.45) is 3.79. The van der Waals surface area contributed by atoms with Crippen LogP contribution in [0.25, 0.3) is 28.7 Å². The van der Waals surface area contributed by atoms with Crippen LogP contribution in [0.4, 0.5) is 5.69 Å². The number of aromatic nitrogens is 2. The Balaban J connectivity index is 1.88. The van der Waals surface area contributed by atoms with Crippen LogP contribution >= 0.6 is 11.6 Å². The number of halogens is 1. The van der Waals surface area contributed by atoms with Crippen molar-refractivity contribution >= 4 is 40.3 Å². The molecule has 0 fully saturated rings. The van der Waals surface area contributed by atoms with Crippen LogP contribution in [0.2, 0.25) is 5.02 Å². The number of nitrogens with zero attached hydrogens (tertiary/aromatic N) is 3. The Bertz CT molecular complexity index is 1240. The molecular weight excluding hydrogens is 382 g/mol. The first-order valence-electron chi connectivity index (χ1n) is 9.26. The molecular formula is C24H20ClN3O. The molecule has 144 valence electrons. The Hall–Kier alpha value is -3.37. The summed E-state index contributed by atoms with van der Waals surface area (Å²) in [5, 5.41) is 1.27. The highest BCUT2D eigenvalue weighted by molar-refractivity contribution is 6.30. The van der Waals surface area contributed by atoms with Gasteiger partial charge in [-0.15, -0.1) is 0 Å². The molecule has 0 saturated carbocycles. The van der Waals surface area contributed by atoms with Gasteiger partial charge in [0.1, 0.15) is 5.82 Å². The maximum absolute atomic E-state index is 13.3. The van der Waals surface area contributed by atoms with Crippen LogP contribution in [0.1, 0.15) is 11.4 Å². The number of para-hydroxylation sites is 1. The van der Waals surface area contributed by atoms with E-state index in [2.05, 4.69) is 0 Å². The molecule has 0 bridgehead atoms. The predicted molar refractivity (Wildman–Crippen MR) is 122 cm³/mol. The molecule has 0 amide bonds. The van der Waals surface area contributed by atoms with E-state index >= 15 is 0 Å². The molecule has 0 radical (unpaired) electrons. The van der Waals surface area contributed by atoms with Crippen molar-refractivity contribution in [3.05, 3.63) is 99.6 Å². The predicted octanol–water partition coefficient (Wildman–Crippen LogP) is 5.28. The molecule has 4 nitrogen and oxygen atoms in total. The number of rotatable bonds is 4. The normalized spacial score (nSPS) is 11.3. The third-order valence-electron chi connectivity index (χ3n) is 4.72. The Morgan fingerprint density at radius 2 is 1.59 bits per heavy atom. The van der Waals surface area contributed by atoms with Crippen molar-refractivity contribution < 1.29 is 0 Å². The van der Waals surface area contributed by atoms with Crippen molar-refractivity contribution in [3.8, 4) is 5.69 Å². The third kappa shape index (κ3) is 3.93. The monoisotopic (exact) mass is 401 g/mol. The quantitative estimate of drug-likeness (QED) is 0.467. The van der Waals surface area contributed by atoms with Crippen LogP contribution in [0.3, 0.4) is 0 Å². The molecule has 1 aromatic heterocycles. The van der Waals surface area contributed by atoms with E-state index in [1.807, 2.05) is 104 Å². The number of hydrogen-bond donors (Lipinski definition) is 0. The molecule has 0 N–H and O–H groups in total. The van der Waals surface area contributed by atoms with Crippen molar-refractivity contribution in [1.82, 2.24) is 9.55 Å². The second-order valence-corrected chi connectivity index (χ2v) is 7.36. The van der Waals surface area contributed by atoms with Crippen LogP contribution in [-0.4, -0.2) is 23.6 Å². The van der Waals surface area contributed by atoms with Gasteiger partial charge in [0, 0.05) is 24.8 Å². The third-order valence-corrected chi connectivity index (χ3v) is 4.97. The molecule has 0 aliphatic heterocycles. The standard InChI is InChI=1S/C24H20ClN3O/c1-27(2)19-12-14-20(15-13-19)28-23(16-9-17-7-10-18(25)11-8-17)26-22-6-4-3-5-21(22)24(28)29/h3-16H,1-2H3/b16-9+. The number of benzene rings is 3. The molecule has 5 heteroatoms. The molecule has 0 aliphatic rings. The molecule has 4 aromatic rings. The average Bonchev–Trinajstić information content (AvgIpc) is 2.73. The van der Waals surface area contributed by atoms with E-state index in [0.717, 1.165) is 16.9 Å². The SMILES string of the molecule is CN(C)c1ccc(-n2c(/C=C/c3ccc(Cl)cc3)nc3ccccc3c2=O)cc1. The van der Waals surface area contributed by atoms with Gasteiger partial charge in [0.25, 0.3) is 5.56 Å². The smallest absolute Gasteiger partial charge is 0.266 e. The van der Waals surface area contributed by atoms with Crippen molar-refractivity contribution in [3.63, 3.8) is 0 Å². The molecule has 0 aliphatic carbocycles. The van der Waals surface area contributed by atoms with Crippen LogP contribution < -0.4 is 10.5 Å². The van der Waals surface area contributed by atoms with E-state index in [1.54, 1.807) is 4.57 Å². The highest BCUT2D eigenvalue weighted by atomic mass is 35.5. The van der Waals surface area contributed by atoms with Gasteiger partial charge in [0.15, 0.2) is 0 Å². The van der Waals surface area contributed by atoms with Gasteiger partial charge in [-0.05, 0) is 60.2 Å². The minimum atomic E-state index is -0.0936. The van der Waals surface area contributed by atoms with Crippen molar-refractivity contribution in [2.45, 2.75) is 0 Å². The summed E-state index contributed by atoms with van der Waals surface area (Å²) in [4.78, 5) is 20.0. The first kappa shape index (κ1) is 19.0. The van der Waals surface area contributed by atoms with Gasteiger partial charge in [-0.2, -0.15) is 0 Å². The van der Waals surface area contributed by atoms with Gasteiger partial charge >= 0.3 is 0 Å². The Labute approximate surface area is 174 Å². The van der Waals surface area contributed by atoms with Crippen LogP contribution in [0.5, 0.6) is 0 Å². The lowest BCUT2D eigenvalue weighted by Crippen LogP contribution is -2.22. The van der Waals surface area contributed by atoms with Crippen LogP contribution in [-0.2, 0) is 0 Å². The lowest BCUT2D eigenvalue weighted by Gasteiger charge is -2.15. The molecule has 29 heavy (non-hydrogen) atoms. The number of anilines is 1. The van der Waals surface area contributed by atoms with E-state index in [9.17, 15) is 4.79 Å². The molecule has 0 spiro atoms. The summed E-state index contributed by atoms with van der Waals surface area (Å²) < 4.78 is 1.65. The minimum absolute atomic E-state index is 0.0936. The Kier molecular flexibility index (Phi) is 5.19. The van der Waals surface area contributed by atoms with Gasteiger partial charge in [-0.3, -0.25) is 9.36 Å². The van der Waals surface area contributed by atoms with E-state index in [-0.39, 0.29) is 5.56 Å². The van der Waals surface area contributed by atoms with Gasteiger partial charge in [-0.25, -0.2) is 4.98 Å². The summed E-state index contributed by atoms with van der Waals surface area (Å²) in [6.45, 7) is 0. The van der Waals surface area contributed by atoms with E-state index in [4.69, 9.17) is 16.6 Å². The largest absolute Gasteiger partial charge is 0.378 e. The van der Waals surface area contributed by atoms with Gasteiger partial charge in [0.05, 0.1) is 16.6 Å². The maximum atomic E-state index is 13.3. The number of hydrogen-bond acceptors (Lipinski definition) is 3. The Morgan fingerprint density at radius 3 is 2.28 bits per heavy atom. The van der Waals surface area contributed by atoms with Crippen molar-refractivity contribution in [2.75, 3.05) is 19.0 Å². The van der Waals surface area contributed by atoms with E-state index in [0.29, 0.717) is 21.7 Å². The second-order valence-electron chi connectivity index (χ2n) is 6.92. The molecule has 0 unspecified atom stereocenters. The first-order valence-corrected chi connectivity index (χ1v) is 9.64. The zero-order valence-corrected chi connectivity index (χ0v) is 17.0. The molecule has 0 atom stereocenters. The number of fused-ring (bicyclic) bond motifs is 1. The van der Waals surface area contributed by atoms with Crippen molar-refractivity contribution in [2.24, 2.45) is 0 Å². The van der Waals surface area contributed by atoms with E-state index < -0.39 is 0 Å². The van der Waals surface area contributed by atoms with E-state index in [1.165, 1.54) is 0 Å². The highest BCUT2D eigenvalue weighted by Gasteiger charge is 2.11. The summed E-state index contributed by atoms with van der Waals surface area (Å²) in [5.41, 5.74) is 3.40. The maximum Gasteiger partial charge on any atom is 0.266 e. The minimum Gasteiger partial charge on any atom is -0.378 e. The molecule has 4 rings (SSSR count). The van der Waals surface area contributed by atoms with Crippen LogP contribution in [0.15, 0.2) is 77.6 Å². The zero-order chi connectivity index (χ0) is 20.4. The van der Waals surface area contributed by atoms with Crippen LogP contribution in [0, 0.1) is 0 Å². The Morgan fingerprint density at radius 1 is 0.897 bits per heavy atom. The lowest BCUT2D eigenvalue weighted by atomic mass is 10.2. The summed E-state index contributed by atoms with van der Waals surface area (Å²) >= 11 is 5.97. The highest BCUT2D eigenvalue weighted by Crippen LogP contribution is 2.19. The first-order chi connectivity index (χ1) is 14.0. The second kappa shape index (κ2) is 7.94. The summed E-state index contributed by atoms with van der Waals surface area (Å²) in [7, 11) is 3.97. The molecule has 0 saturated heterocycles. The molecule has 3 aromatic carbocycles. The van der Waals surface area contributed by atoms with Crippen molar-refractivity contribution in [1.29, 1.82) is 0 Å². The fourth-order valence-electron chi connectivity index (χ4n) is 3.16. The van der Waals surface area contributed by atoms with Gasteiger partial charge in [0.2, 0.25) is 0 Å². The topological polar surface area (TPSA) is 38.1 Å². The summed E-state index contributed by atoms with van der Waals surface area (Å²) in [6, 6.07) is 22.8. The van der Waals surface area contributed by atoms with Gasteiger partial charge < -0.3 is 4.90 Å². The zero-order valence-electron chi connectivity index (χ0n) is 16.2. The molecule has 1 heterocycles.